The maximum Gasteiger partial charge on any atom is 0.317 e. The molecule has 96 valence electrons. The van der Waals surface area contributed by atoms with Crippen molar-refractivity contribution in [2.45, 2.75) is 26.2 Å². The van der Waals surface area contributed by atoms with Crippen LogP contribution in [0.4, 0.5) is 0 Å². The first-order valence-corrected chi connectivity index (χ1v) is 6.00. The molecule has 18 heavy (non-hydrogen) atoms. The van der Waals surface area contributed by atoms with Gasteiger partial charge >= 0.3 is 5.97 Å². The number of benzene rings is 1. The van der Waals surface area contributed by atoms with Gasteiger partial charge in [-0.2, -0.15) is 0 Å². The molecule has 0 spiro atoms. The molecular formula is C14H16O4. The van der Waals surface area contributed by atoms with E-state index >= 15 is 0 Å². The van der Waals surface area contributed by atoms with E-state index in [-0.39, 0.29) is 5.78 Å². The lowest BCUT2D eigenvalue weighted by atomic mass is 9.93. The van der Waals surface area contributed by atoms with E-state index in [1.54, 1.807) is 25.3 Å². The highest BCUT2D eigenvalue weighted by Gasteiger charge is 2.56. The molecule has 4 heteroatoms. The van der Waals surface area contributed by atoms with Crippen molar-refractivity contribution in [2.75, 3.05) is 7.11 Å². The standard InChI is InChI=1S/C14H16O4/c1-3-9-8-10(4-5-11(9)18-2)12(15)14(6-7-14)13(16)17/h4-5,8H,3,6-7H2,1-2H3,(H,16,17). The van der Waals surface area contributed by atoms with Gasteiger partial charge in [-0.1, -0.05) is 6.92 Å². The molecule has 2 rings (SSSR count). The predicted molar refractivity (Wildman–Crippen MR) is 66.0 cm³/mol. The van der Waals surface area contributed by atoms with Gasteiger partial charge in [0.1, 0.15) is 11.2 Å². The molecule has 0 radical (unpaired) electrons. The molecule has 4 nitrogen and oxygen atoms in total. The van der Waals surface area contributed by atoms with Crippen LogP contribution in [0.3, 0.4) is 0 Å². The number of rotatable bonds is 5. The van der Waals surface area contributed by atoms with E-state index in [9.17, 15) is 9.59 Å². The van der Waals surface area contributed by atoms with Crippen molar-refractivity contribution in [1.29, 1.82) is 0 Å². The highest BCUT2D eigenvalue weighted by atomic mass is 16.5. The first-order chi connectivity index (χ1) is 8.55. The fourth-order valence-corrected chi connectivity index (χ4v) is 2.14. The van der Waals surface area contributed by atoms with Crippen LogP contribution in [0.15, 0.2) is 18.2 Å². The Morgan fingerprint density at radius 1 is 1.39 bits per heavy atom. The number of Topliss-reactive ketones (excluding diaryl/α,β-unsaturated/α-hetero) is 1. The molecule has 0 amide bonds. The minimum Gasteiger partial charge on any atom is -0.496 e. The van der Waals surface area contributed by atoms with Crippen LogP contribution in [-0.2, 0) is 11.2 Å². The summed E-state index contributed by atoms with van der Waals surface area (Å²) in [6, 6.07) is 5.11. The smallest absolute Gasteiger partial charge is 0.317 e. The molecule has 1 fully saturated rings. The SMILES string of the molecule is CCc1cc(C(=O)C2(C(=O)O)CC2)ccc1OC. The molecule has 0 atom stereocenters. The second kappa shape index (κ2) is 4.44. The fraction of sp³-hybridized carbons (Fsp3) is 0.429. The second-order valence-electron chi connectivity index (χ2n) is 4.60. The van der Waals surface area contributed by atoms with Gasteiger partial charge in [0.15, 0.2) is 5.78 Å². The maximum absolute atomic E-state index is 12.2. The van der Waals surface area contributed by atoms with E-state index < -0.39 is 11.4 Å². The number of ether oxygens (including phenoxy) is 1. The van der Waals surface area contributed by atoms with Crippen molar-refractivity contribution in [3.63, 3.8) is 0 Å². The molecule has 0 saturated heterocycles. The number of ketones is 1. The van der Waals surface area contributed by atoms with Crippen molar-refractivity contribution < 1.29 is 19.4 Å². The van der Waals surface area contributed by atoms with E-state index in [1.807, 2.05) is 6.92 Å². The van der Waals surface area contributed by atoms with E-state index in [2.05, 4.69) is 0 Å². The van der Waals surface area contributed by atoms with Gasteiger partial charge in [-0.3, -0.25) is 9.59 Å². The highest BCUT2D eigenvalue weighted by Crippen LogP contribution is 2.48. The molecule has 1 aliphatic rings. The summed E-state index contributed by atoms with van der Waals surface area (Å²) in [6.07, 6.45) is 1.62. The average molecular weight is 248 g/mol. The molecule has 1 saturated carbocycles. The number of carboxylic acid groups (broad SMARTS) is 1. The maximum atomic E-state index is 12.2. The molecule has 1 aromatic rings. The minimum absolute atomic E-state index is 0.285. The summed E-state index contributed by atoms with van der Waals surface area (Å²) in [5, 5.41) is 9.12. The molecule has 0 heterocycles. The van der Waals surface area contributed by atoms with Crippen LogP contribution in [-0.4, -0.2) is 24.0 Å². The molecular weight excluding hydrogens is 232 g/mol. The Labute approximate surface area is 106 Å². The monoisotopic (exact) mass is 248 g/mol. The Morgan fingerprint density at radius 2 is 2.06 bits per heavy atom. The minimum atomic E-state index is -1.17. The van der Waals surface area contributed by atoms with Crippen LogP contribution < -0.4 is 4.74 Å². The zero-order chi connectivity index (χ0) is 13.3. The topological polar surface area (TPSA) is 63.6 Å². The second-order valence-corrected chi connectivity index (χ2v) is 4.60. The number of carbonyl (C=O) groups is 2. The number of carboxylic acids is 1. The number of aliphatic carboxylic acids is 1. The van der Waals surface area contributed by atoms with Crippen LogP contribution in [0.1, 0.15) is 35.7 Å². The zero-order valence-corrected chi connectivity index (χ0v) is 10.5. The average Bonchev–Trinajstić information content (AvgIpc) is 3.18. The Bertz CT molecular complexity index is 501. The number of methoxy groups -OCH3 is 1. The Kier molecular flexibility index (Phi) is 3.11. The molecule has 1 N–H and O–H groups in total. The van der Waals surface area contributed by atoms with Crippen molar-refractivity contribution in [1.82, 2.24) is 0 Å². The quantitative estimate of drug-likeness (QED) is 0.641. The van der Waals surface area contributed by atoms with Gasteiger partial charge in [-0.25, -0.2) is 0 Å². The van der Waals surface area contributed by atoms with Crippen molar-refractivity contribution in [3.05, 3.63) is 29.3 Å². The summed E-state index contributed by atoms with van der Waals surface area (Å²) in [4.78, 5) is 23.3. The van der Waals surface area contributed by atoms with Gasteiger partial charge < -0.3 is 9.84 Å². The van der Waals surface area contributed by atoms with Gasteiger partial charge in [0.05, 0.1) is 7.11 Å². The van der Waals surface area contributed by atoms with Crippen molar-refractivity contribution in [2.24, 2.45) is 5.41 Å². The highest BCUT2D eigenvalue weighted by molar-refractivity contribution is 6.14. The largest absolute Gasteiger partial charge is 0.496 e. The molecule has 0 aliphatic heterocycles. The Morgan fingerprint density at radius 3 is 2.50 bits per heavy atom. The lowest BCUT2D eigenvalue weighted by molar-refractivity contribution is -0.141. The normalized spacial score (nSPS) is 16.1. The van der Waals surface area contributed by atoms with Gasteiger partial charge in [0.2, 0.25) is 0 Å². The van der Waals surface area contributed by atoms with Crippen LogP contribution in [0.5, 0.6) is 5.75 Å². The third-order valence-corrected chi connectivity index (χ3v) is 3.52. The number of aryl methyl sites for hydroxylation is 1. The Balaban J connectivity index is 2.35. The number of carbonyl (C=O) groups excluding carboxylic acids is 1. The molecule has 0 unspecified atom stereocenters. The summed E-state index contributed by atoms with van der Waals surface area (Å²) >= 11 is 0. The van der Waals surface area contributed by atoms with Crippen molar-refractivity contribution in [3.8, 4) is 5.75 Å². The lowest BCUT2D eigenvalue weighted by Gasteiger charge is -2.12. The van der Waals surface area contributed by atoms with E-state index in [1.165, 1.54) is 0 Å². The van der Waals surface area contributed by atoms with Crippen LogP contribution >= 0.6 is 0 Å². The Hall–Kier alpha value is -1.84. The number of hydrogen-bond acceptors (Lipinski definition) is 3. The van der Waals surface area contributed by atoms with Gasteiger partial charge in [0.25, 0.3) is 0 Å². The first-order valence-electron chi connectivity index (χ1n) is 6.00. The third kappa shape index (κ3) is 1.88. The molecule has 0 aromatic heterocycles. The summed E-state index contributed by atoms with van der Waals surface area (Å²) < 4.78 is 5.19. The zero-order valence-electron chi connectivity index (χ0n) is 10.5. The lowest BCUT2D eigenvalue weighted by Crippen LogP contribution is -2.25. The van der Waals surface area contributed by atoms with Gasteiger partial charge in [-0.15, -0.1) is 0 Å². The molecule has 1 aliphatic carbocycles. The predicted octanol–water partition coefficient (Wildman–Crippen LogP) is 2.31. The van der Waals surface area contributed by atoms with E-state index in [0.717, 1.165) is 17.7 Å². The summed E-state index contributed by atoms with van der Waals surface area (Å²) in [5.74, 6) is -0.567. The summed E-state index contributed by atoms with van der Waals surface area (Å²) in [5.41, 5.74) is 0.219. The van der Waals surface area contributed by atoms with Crippen LogP contribution in [0.25, 0.3) is 0 Å². The summed E-state index contributed by atoms with van der Waals surface area (Å²) in [6.45, 7) is 1.97. The van der Waals surface area contributed by atoms with E-state index in [0.29, 0.717) is 18.4 Å². The third-order valence-electron chi connectivity index (χ3n) is 3.52. The first kappa shape index (κ1) is 12.6. The number of hydrogen-bond donors (Lipinski definition) is 1. The van der Waals surface area contributed by atoms with Gasteiger partial charge in [0, 0.05) is 5.56 Å². The van der Waals surface area contributed by atoms with Crippen LogP contribution in [0, 0.1) is 5.41 Å². The fourth-order valence-electron chi connectivity index (χ4n) is 2.14. The summed E-state index contributed by atoms with van der Waals surface area (Å²) in [7, 11) is 1.58. The molecule has 1 aromatic carbocycles. The molecule has 0 bridgehead atoms. The van der Waals surface area contributed by atoms with Gasteiger partial charge in [-0.05, 0) is 43.0 Å². The van der Waals surface area contributed by atoms with E-state index in [4.69, 9.17) is 9.84 Å². The van der Waals surface area contributed by atoms with Crippen molar-refractivity contribution >= 4 is 11.8 Å². The van der Waals surface area contributed by atoms with Crippen LogP contribution in [0.2, 0.25) is 0 Å².